The molecular formula is C13H17N3OS. The van der Waals surface area contributed by atoms with Gasteiger partial charge in [-0.3, -0.25) is 9.69 Å². The molecule has 1 saturated carbocycles. The van der Waals surface area contributed by atoms with Gasteiger partial charge in [0.2, 0.25) is 5.91 Å². The highest BCUT2D eigenvalue weighted by Crippen LogP contribution is 2.28. The van der Waals surface area contributed by atoms with Gasteiger partial charge in [0, 0.05) is 24.0 Å². The van der Waals surface area contributed by atoms with Gasteiger partial charge in [-0.05, 0) is 24.3 Å². The van der Waals surface area contributed by atoms with Gasteiger partial charge in [0.15, 0.2) is 0 Å². The molecule has 1 N–H and O–H groups in total. The van der Waals surface area contributed by atoms with Gasteiger partial charge in [-0.1, -0.05) is 6.07 Å². The van der Waals surface area contributed by atoms with E-state index in [1.165, 1.54) is 17.7 Å². The van der Waals surface area contributed by atoms with E-state index in [9.17, 15) is 4.79 Å². The molecule has 2 rings (SSSR count). The zero-order chi connectivity index (χ0) is 12.8. The van der Waals surface area contributed by atoms with Crippen LogP contribution in [-0.4, -0.2) is 29.9 Å². The third-order valence-corrected chi connectivity index (χ3v) is 3.77. The molecule has 4 nitrogen and oxygen atoms in total. The Kier molecular flexibility index (Phi) is 4.73. The first kappa shape index (κ1) is 13.1. The van der Waals surface area contributed by atoms with E-state index < -0.39 is 0 Å². The Hall–Kier alpha value is -1.38. The molecule has 0 spiro atoms. The van der Waals surface area contributed by atoms with Crippen molar-refractivity contribution in [1.82, 2.24) is 10.2 Å². The number of amides is 1. The van der Waals surface area contributed by atoms with Crippen molar-refractivity contribution in [2.24, 2.45) is 0 Å². The van der Waals surface area contributed by atoms with Crippen LogP contribution in [0.2, 0.25) is 0 Å². The van der Waals surface area contributed by atoms with Gasteiger partial charge >= 0.3 is 0 Å². The Morgan fingerprint density at radius 1 is 1.61 bits per heavy atom. The molecule has 1 fully saturated rings. The topological polar surface area (TPSA) is 56.1 Å². The molecule has 0 radical (unpaired) electrons. The number of rotatable bonds is 7. The number of nitrogens with zero attached hydrogens (tertiary/aromatic N) is 2. The molecule has 5 heteroatoms. The molecule has 0 aliphatic heterocycles. The summed E-state index contributed by atoms with van der Waals surface area (Å²) in [5.74, 6) is 0.0220. The van der Waals surface area contributed by atoms with Crippen molar-refractivity contribution in [1.29, 1.82) is 5.26 Å². The number of nitrogens with one attached hydrogen (secondary N) is 1. The van der Waals surface area contributed by atoms with E-state index in [0.29, 0.717) is 25.6 Å². The van der Waals surface area contributed by atoms with Crippen LogP contribution in [0.25, 0.3) is 0 Å². The van der Waals surface area contributed by atoms with E-state index >= 15 is 0 Å². The fourth-order valence-electron chi connectivity index (χ4n) is 1.85. The molecule has 0 bridgehead atoms. The first-order valence-electron chi connectivity index (χ1n) is 6.19. The summed E-state index contributed by atoms with van der Waals surface area (Å²) in [5, 5.41) is 13.3. The van der Waals surface area contributed by atoms with E-state index in [0.717, 1.165) is 6.54 Å². The average Bonchev–Trinajstić information content (AvgIpc) is 3.08. The Labute approximate surface area is 111 Å². The fourth-order valence-corrected chi connectivity index (χ4v) is 2.58. The van der Waals surface area contributed by atoms with Gasteiger partial charge in [0.05, 0.1) is 19.0 Å². The number of thiophene rings is 1. The lowest BCUT2D eigenvalue weighted by Gasteiger charge is -2.20. The van der Waals surface area contributed by atoms with Crippen LogP contribution in [0.4, 0.5) is 0 Å². The maximum atomic E-state index is 11.7. The number of carbonyl (C=O) groups excluding carboxylic acids is 1. The van der Waals surface area contributed by atoms with Crippen molar-refractivity contribution in [3.8, 4) is 6.07 Å². The predicted octanol–water partition coefficient (Wildman–Crippen LogP) is 1.74. The summed E-state index contributed by atoms with van der Waals surface area (Å²) in [4.78, 5) is 15.3. The summed E-state index contributed by atoms with van der Waals surface area (Å²) in [5.41, 5.74) is 0. The molecule has 96 valence electrons. The van der Waals surface area contributed by atoms with Crippen molar-refractivity contribution in [3.63, 3.8) is 0 Å². The van der Waals surface area contributed by atoms with Crippen LogP contribution < -0.4 is 5.32 Å². The summed E-state index contributed by atoms with van der Waals surface area (Å²) in [6, 6.07) is 6.73. The van der Waals surface area contributed by atoms with Crippen LogP contribution in [-0.2, 0) is 11.3 Å². The second-order valence-electron chi connectivity index (χ2n) is 4.47. The zero-order valence-corrected chi connectivity index (χ0v) is 11.1. The predicted molar refractivity (Wildman–Crippen MR) is 71.0 cm³/mol. The van der Waals surface area contributed by atoms with E-state index in [4.69, 9.17) is 5.26 Å². The first-order chi connectivity index (χ1) is 8.79. The third kappa shape index (κ3) is 4.13. The Bertz CT molecular complexity index is 420. The molecule has 0 aromatic carbocycles. The maximum absolute atomic E-state index is 11.7. The second kappa shape index (κ2) is 6.53. The van der Waals surface area contributed by atoms with E-state index in [1.54, 1.807) is 11.3 Å². The quantitative estimate of drug-likeness (QED) is 0.762. The Morgan fingerprint density at radius 2 is 2.44 bits per heavy atom. The normalized spacial score (nSPS) is 14.4. The molecule has 1 aromatic heterocycles. The van der Waals surface area contributed by atoms with Crippen LogP contribution in [0.1, 0.15) is 24.1 Å². The largest absolute Gasteiger partial charge is 0.354 e. The molecule has 1 heterocycles. The monoisotopic (exact) mass is 263 g/mol. The van der Waals surface area contributed by atoms with Gasteiger partial charge < -0.3 is 5.32 Å². The lowest BCUT2D eigenvalue weighted by atomic mass is 10.3. The molecule has 1 aromatic rings. The molecule has 1 amide bonds. The van der Waals surface area contributed by atoms with Gasteiger partial charge in [0.25, 0.3) is 0 Å². The Balaban J connectivity index is 1.79. The van der Waals surface area contributed by atoms with Crippen LogP contribution in [0.5, 0.6) is 0 Å². The number of carbonyl (C=O) groups is 1. The second-order valence-corrected chi connectivity index (χ2v) is 5.51. The lowest BCUT2D eigenvalue weighted by Crippen LogP contribution is -2.38. The highest BCUT2D eigenvalue weighted by Gasteiger charge is 2.30. The number of nitriles is 1. The average molecular weight is 263 g/mol. The lowest BCUT2D eigenvalue weighted by molar-refractivity contribution is -0.122. The van der Waals surface area contributed by atoms with Gasteiger partial charge in [-0.15, -0.1) is 11.3 Å². The molecule has 0 saturated heterocycles. The molecule has 1 aliphatic carbocycles. The summed E-state index contributed by atoms with van der Waals surface area (Å²) in [6.45, 7) is 1.74. The minimum absolute atomic E-state index is 0.0220. The van der Waals surface area contributed by atoms with E-state index in [1.807, 2.05) is 12.1 Å². The minimum Gasteiger partial charge on any atom is -0.354 e. The van der Waals surface area contributed by atoms with E-state index in [2.05, 4.69) is 21.7 Å². The molecule has 1 aliphatic rings. The van der Waals surface area contributed by atoms with Gasteiger partial charge in [-0.2, -0.15) is 5.26 Å². The number of hydrogen-bond acceptors (Lipinski definition) is 4. The maximum Gasteiger partial charge on any atom is 0.234 e. The molecule has 18 heavy (non-hydrogen) atoms. The van der Waals surface area contributed by atoms with Crippen molar-refractivity contribution in [3.05, 3.63) is 22.4 Å². The molecular weight excluding hydrogens is 246 g/mol. The molecule has 0 unspecified atom stereocenters. The van der Waals surface area contributed by atoms with Crippen LogP contribution in [0.15, 0.2) is 17.5 Å². The summed E-state index contributed by atoms with van der Waals surface area (Å²) in [7, 11) is 0. The zero-order valence-electron chi connectivity index (χ0n) is 10.3. The summed E-state index contributed by atoms with van der Waals surface area (Å²) in [6.07, 6.45) is 2.76. The highest BCUT2D eigenvalue weighted by molar-refractivity contribution is 7.09. The summed E-state index contributed by atoms with van der Waals surface area (Å²) < 4.78 is 0. The third-order valence-electron chi connectivity index (χ3n) is 2.91. The Morgan fingerprint density at radius 3 is 3.06 bits per heavy atom. The van der Waals surface area contributed by atoms with Gasteiger partial charge in [0.1, 0.15) is 0 Å². The van der Waals surface area contributed by atoms with Crippen molar-refractivity contribution < 1.29 is 4.79 Å². The van der Waals surface area contributed by atoms with Crippen LogP contribution in [0, 0.1) is 11.3 Å². The van der Waals surface area contributed by atoms with Crippen LogP contribution >= 0.6 is 11.3 Å². The summed E-state index contributed by atoms with van der Waals surface area (Å²) >= 11 is 1.73. The minimum atomic E-state index is 0.0220. The van der Waals surface area contributed by atoms with E-state index in [-0.39, 0.29) is 5.91 Å². The SMILES string of the molecule is N#CCCNC(=O)CN(Cc1cccs1)C1CC1. The fraction of sp³-hybridized carbons (Fsp3) is 0.538. The standard InChI is InChI=1S/C13H17N3OS/c14-6-2-7-15-13(17)10-16(11-4-5-11)9-12-3-1-8-18-12/h1,3,8,11H,2,4-5,7,9-10H2,(H,15,17). The highest BCUT2D eigenvalue weighted by atomic mass is 32.1. The smallest absolute Gasteiger partial charge is 0.234 e. The van der Waals surface area contributed by atoms with Crippen molar-refractivity contribution >= 4 is 17.2 Å². The van der Waals surface area contributed by atoms with Crippen LogP contribution in [0.3, 0.4) is 0 Å². The van der Waals surface area contributed by atoms with Crippen molar-refractivity contribution in [2.45, 2.75) is 31.8 Å². The molecule has 0 atom stereocenters. The van der Waals surface area contributed by atoms with Crippen molar-refractivity contribution in [2.75, 3.05) is 13.1 Å². The number of hydrogen-bond donors (Lipinski definition) is 1. The first-order valence-corrected chi connectivity index (χ1v) is 7.07. The van der Waals surface area contributed by atoms with Gasteiger partial charge in [-0.25, -0.2) is 0 Å².